The Morgan fingerprint density at radius 3 is 2.22 bits per heavy atom. The first-order chi connectivity index (χ1) is 11.3. The Balaban J connectivity index is 1.98. The van der Waals surface area contributed by atoms with Crippen LogP contribution in [0.4, 0.5) is 5.69 Å². The molecule has 2 aromatic rings. The third kappa shape index (κ3) is 3.02. The van der Waals surface area contributed by atoms with Crippen molar-refractivity contribution in [3.63, 3.8) is 0 Å². The van der Waals surface area contributed by atoms with Crippen molar-refractivity contribution in [2.75, 3.05) is 11.5 Å². The van der Waals surface area contributed by atoms with E-state index in [9.17, 15) is 4.79 Å². The van der Waals surface area contributed by atoms with Crippen LogP contribution in [0.3, 0.4) is 0 Å². The zero-order valence-electron chi connectivity index (χ0n) is 13.3. The van der Waals surface area contributed by atoms with Crippen LogP contribution in [0.15, 0.2) is 54.6 Å². The van der Waals surface area contributed by atoms with E-state index < -0.39 is 0 Å². The SMILES string of the molecule is O=CN(c1ccc(CCO)cc1)C1(c2ccccc2)CCCC1. The Labute approximate surface area is 137 Å². The summed E-state index contributed by atoms with van der Waals surface area (Å²) in [5, 5.41) is 9.04. The topological polar surface area (TPSA) is 40.5 Å². The molecule has 0 unspecified atom stereocenters. The zero-order chi connectivity index (χ0) is 16.1. The van der Waals surface area contributed by atoms with E-state index in [4.69, 9.17) is 5.11 Å². The molecule has 3 nitrogen and oxygen atoms in total. The molecule has 1 N–H and O–H groups in total. The van der Waals surface area contributed by atoms with Crippen molar-refractivity contribution in [2.24, 2.45) is 0 Å². The highest BCUT2D eigenvalue weighted by Crippen LogP contribution is 2.45. The first-order valence-corrected chi connectivity index (χ1v) is 8.30. The molecule has 0 aromatic heterocycles. The first kappa shape index (κ1) is 15.8. The molecule has 0 radical (unpaired) electrons. The van der Waals surface area contributed by atoms with Crippen molar-refractivity contribution in [3.8, 4) is 0 Å². The summed E-state index contributed by atoms with van der Waals surface area (Å²) in [6, 6.07) is 18.3. The average molecular weight is 309 g/mol. The summed E-state index contributed by atoms with van der Waals surface area (Å²) in [4.78, 5) is 13.9. The Morgan fingerprint density at radius 1 is 1.00 bits per heavy atom. The smallest absolute Gasteiger partial charge is 0.214 e. The van der Waals surface area contributed by atoms with Crippen LogP contribution in [0.2, 0.25) is 0 Å². The molecular weight excluding hydrogens is 286 g/mol. The third-order valence-corrected chi connectivity index (χ3v) is 4.92. The van der Waals surface area contributed by atoms with Gasteiger partial charge in [0.05, 0.1) is 5.54 Å². The molecule has 0 atom stereocenters. The second kappa shape index (κ2) is 6.97. The number of hydrogen-bond donors (Lipinski definition) is 1. The molecule has 0 aliphatic heterocycles. The molecule has 2 aromatic carbocycles. The van der Waals surface area contributed by atoms with E-state index in [-0.39, 0.29) is 12.1 Å². The molecule has 0 spiro atoms. The number of amides is 1. The first-order valence-electron chi connectivity index (χ1n) is 8.30. The molecule has 0 bridgehead atoms. The second-order valence-electron chi connectivity index (χ2n) is 6.22. The summed E-state index contributed by atoms with van der Waals surface area (Å²) in [6.45, 7) is 0.144. The number of aliphatic hydroxyl groups is 1. The lowest BCUT2D eigenvalue weighted by Gasteiger charge is -2.39. The Morgan fingerprint density at radius 2 is 1.65 bits per heavy atom. The highest BCUT2D eigenvalue weighted by Gasteiger charge is 2.41. The lowest BCUT2D eigenvalue weighted by atomic mass is 9.86. The maximum Gasteiger partial charge on any atom is 0.214 e. The molecule has 1 amide bonds. The lowest BCUT2D eigenvalue weighted by molar-refractivity contribution is -0.108. The van der Waals surface area contributed by atoms with Crippen molar-refractivity contribution >= 4 is 12.1 Å². The largest absolute Gasteiger partial charge is 0.396 e. The van der Waals surface area contributed by atoms with Crippen molar-refractivity contribution < 1.29 is 9.90 Å². The van der Waals surface area contributed by atoms with E-state index >= 15 is 0 Å². The quantitative estimate of drug-likeness (QED) is 0.827. The monoisotopic (exact) mass is 309 g/mol. The fourth-order valence-electron chi connectivity index (χ4n) is 3.74. The molecule has 0 heterocycles. The van der Waals surface area contributed by atoms with Crippen LogP contribution in [0.25, 0.3) is 0 Å². The van der Waals surface area contributed by atoms with Crippen LogP contribution < -0.4 is 4.90 Å². The van der Waals surface area contributed by atoms with Crippen molar-refractivity contribution in [2.45, 2.75) is 37.6 Å². The number of carbonyl (C=O) groups is 1. The molecule has 23 heavy (non-hydrogen) atoms. The number of aliphatic hydroxyl groups excluding tert-OH is 1. The summed E-state index contributed by atoms with van der Waals surface area (Å²) < 4.78 is 0. The van der Waals surface area contributed by atoms with E-state index in [0.29, 0.717) is 6.42 Å². The van der Waals surface area contributed by atoms with E-state index in [2.05, 4.69) is 12.1 Å². The second-order valence-corrected chi connectivity index (χ2v) is 6.22. The van der Waals surface area contributed by atoms with Crippen LogP contribution >= 0.6 is 0 Å². The summed E-state index contributed by atoms with van der Waals surface area (Å²) in [6.07, 6.45) is 5.89. The molecule has 1 saturated carbocycles. The number of anilines is 1. The van der Waals surface area contributed by atoms with E-state index in [1.54, 1.807) is 0 Å². The van der Waals surface area contributed by atoms with Crippen molar-refractivity contribution in [3.05, 3.63) is 65.7 Å². The van der Waals surface area contributed by atoms with Crippen LogP contribution in [0, 0.1) is 0 Å². The van der Waals surface area contributed by atoms with Gasteiger partial charge in [0.25, 0.3) is 0 Å². The van der Waals surface area contributed by atoms with Crippen molar-refractivity contribution in [1.29, 1.82) is 0 Å². The van der Waals surface area contributed by atoms with Crippen LogP contribution in [0.5, 0.6) is 0 Å². The van der Waals surface area contributed by atoms with Crippen LogP contribution in [-0.4, -0.2) is 18.1 Å². The Bertz CT molecular complexity index is 630. The molecular formula is C20H23NO2. The normalized spacial score (nSPS) is 16.2. The van der Waals surface area contributed by atoms with Gasteiger partial charge in [0, 0.05) is 12.3 Å². The van der Waals surface area contributed by atoms with Crippen molar-refractivity contribution in [1.82, 2.24) is 0 Å². The van der Waals surface area contributed by atoms with E-state index in [1.165, 1.54) is 5.56 Å². The van der Waals surface area contributed by atoms with Crippen LogP contribution in [0.1, 0.15) is 36.8 Å². The number of nitrogens with zero attached hydrogens (tertiary/aromatic N) is 1. The molecule has 120 valence electrons. The van der Waals surface area contributed by atoms with Gasteiger partial charge in [0.15, 0.2) is 0 Å². The molecule has 1 fully saturated rings. The Hall–Kier alpha value is -2.13. The number of benzene rings is 2. The van der Waals surface area contributed by atoms with Gasteiger partial charge in [-0.2, -0.15) is 0 Å². The van der Waals surface area contributed by atoms with Gasteiger partial charge in [-0.25, -0.2) is 0 Å². The number of rotatable bonds is 6. The highest BCUT2D eigenvalue weighted by atomic mass is 16.2. The summed E-state index contributed by atoms with van der Waals surface area (Å²) in [5.74, 6) is 0. The van der Waals surface area contributed by atoms with Gasteiger partial charge in [-0.05, 0) is 42.5 Å². The van der Waals surface area contributed by atoms with Gasteiger partial charge < -0.3 is 10.0 Å². The summed E-state index contributed by atoms with van der Waals surface area (Å²) in [7, 11) is 0. The zero-order valence-corrected chi connectivity index (χ0v) is 13.3. The number of carbonyl (C=O) groups excluding carboxylic acids is 1. The van der Waals surface area contributed by atoms with Gasteiger partial charge >= 0.3 is 0 Å². The molecule has 0 saturated heterocycles. The Kier molecular flexibility index (Phi) is 4.77. The standard InChI is InChI=1S/C20H23NO2/c22-15-12-17-8-10-19(11-9-17)21(16-23)20(13-4-5-14-20)18-6-2-1-3-7-18/h1-3,6-11,16,22H,4-5,12-15H2. The minimum Gasteiger partial charge on any atom is -0.396 e. The number of hydrogen-bond acceptors (Lipinski definition) is 2. The van der Waals surface area contributed by atoms with Gasteiger partial charge in [-0.15, -0.1) is 0 Å². The molecule has 3 heteroatoms. The van der Waals surface area contributed by atoms with Crippen LogP contribution in [-0.2, 0) is 16.8 Å². The minimum absolute atomic E-state index is 0.144. The predicted molar refractivity (Wildman–Crippen MR) is 92.4 cm³/mol. The fourth-order valence-corrected chi connectivity index (χ4v) is 3.74. The fraction of sp³-hybridized carbons (Fsp3) is 0.350. The van der Waals surface area contributed by atoms with Gasteiger partial charge in [-0.1, -0.05) is 55.3 Å². The highest BCUT2D eigenvalue weighted by molar-refractivity contribution is 5.78. The molecule has 1 aliphatic rings. The van der Waals surface area contributed by atoms with E-state index in [1.807, 2.05) is 47.4 Å². The van der Waals surface area contributed by atoms with Gasteiger partial charge in [-0.3, -0.25) is 4.79 Å². The summed E-state index contributed by atoms with van der Waals surface area (Å²) >= 11 is 0. The summed E-state index contributed by atoms with van der Waals surface area (Å²) in [5.41, 5.74) is 2.99. The minimum atomic E-state index is -0.235. The van der Waals surface area contributed by atoms with E-state index in [0.717, 1.165) is 43.3 Å². The molecule has 1 aliphatic carbocycles. The average Bonchev–Trinajstić information content (AvgIpc) is 3.09. The maximum atomic E-state index is 12.0. The predicted octanol–water partition coefficient (Wildman–Crippen LogP) is 3.65. The lowest BCUT2D eigenvalue weighted by Crippen LogP contribution is -2.43. The maximum absolute atomic E-state index is 12.0. The molecule has 3 rings (SSSR count). The third-order valence-electron chi connectivity index (χ3n) is 4.92. The van der Waals surface area contributed by atoms with Gasteiger partial charge in [0.1, 0.15) is 0 Å². The van der Waals surface area contributed by atoms with Gasteiger partial charge in [0.2, 0.25) is 6.41 Å².